The summed E-state index contributed by atoms with van der Waals surface area (Å²) in [6.45, 7) is 11.9. The van der Waals surface area contributed by atoms with E-state index in [1.807, 2.05) is 0 Å². The summed E-state index contributed by atoms with van der Waals surface area (Å²) in [4.78, 5) is 6.89. The number of aliphatic imine (C=N–C) groups is 1. The standard InChI is InChI=1S/C19H42N4O.HI/c1-6-20-19(22-14-17-24-16-12-18(2)3)21-13-10-8-7-9-11-15-23(4)5;/h18H,6-17H2,1-5H3,(H2,20,21,22);1H. The molecule has 0 bridgehead atoms. The van der Waals surface area contributed by atoms with Crippen LogP contribution in [0.2, 0.25) is 0 Å². The molecule has 5 nitrogen and oxygen atoms in total. The summed E-state index contributed by atoms with van der Waals surface area (Å²) >= 11 is 0. The normalized spacial score (nSPS) is 11.7. The van der Waals surface area contributed by atoms with Gasteiger partial charge in [-0.05, 0) is 52.7 Å². The van der Waals surface area contributed by atoms with Gasteiger partial charge in [0, 0.05) is 26.2 Å². The van der Waals surface area contributed by atoms with Crippen LogP contribution in [0.1, 0.15) is 59.3 Å². The number of hydrogen-bond acceptors (Lipinski definition) is 3. The van der Waals surface area contributed by atoms with Gasteiger partial charge in [0.1, 0.15) is 0 Å². The molecule has 0 spiro atoms. The molecule has 0 heterocycles. The highest BCUT2D eigenvalue weighted by Gasteiger charge is 1.98. The van der Waals surface area contributed by atoms with Crippen molar-refractivity contribution in [1.29, 1.82) is 0 Å². The summed E-state index contributed by atoms with van der Waals surface area (Å²) in [5, 5.41) is 6.63. The molecule has 0 aliphatic heterocycles. The summed E-state index contributed by atoms with van der Waals surface area (Å²) in [6.07, 6.45) is 7.52. The number of unbranched alkanes of at least 4 members (excludes halogenated alkanes) is 4. The van der Waals surface area contributed by atoms with Crippen LogP contribution in [-0.4, -0.2) is 64.3 Å². The van der Waals surface area contributed by atoms with E-state index in [-0.39, 0.29) is 24.0 Å². The lowest BCUT2D eigenvalue weighted by atomic mass is 10.1. The molecule has 0 radical (unpaired) electrons. The van der Waals surface area contributed by atoms with Crippen molar-refractivity contribution in [2.24, 2.45) is 10.9 Å². The molecule has 152 valence electrons. The van der Waals surface area contributed by atoms with Gasteiger partial charge in [-0.15, -0.1) is 24.0 Å². The molecule has 0 saturated carbocycles. The molecule has 2 N–H and O–H groups in total. The van der Waals surface area contributed by atoms with E-state index in [0.717, 1.165) is 45.2 Å². The first-order valence-electron chi connectivity index (χ1n) is 9.81. The molecule has 0 unspecified atom stereocenters. The summed E-state index contributed by atoms with van der Waals surface area (Å²) in [5.41, 5.74) is 0. The maximum atomic E-state index is 5.62. The highest BCUT2D eigenvalue weighted by atomic mass is 127. The number of halogens is 1. The largest absolute Gasteiger partial charge is 0.380 e. The second kappa shape index (κ2) is 20.2. The van der Waals surface area contributed by atoms with Gasteiger partial charge >= 0.3 is 0 Å². The number of guanidine groups is 1. The third-order valence-electron chi connectivity index (χ3n) is 3.76. The van der Waals surface area contributed by atoms with E-state index in [4.69, 9.17) is 4.74 Å². The van der Waals surface area contributed by atoms with E-state index in [9.17, 15) is 0 Å². The lowest BCUT2D eigenvalue weighted by molar-refractivity contribution is 0.128. The van der Waals surface area contributed by atoms with E-state index in [0.29, 0.717) is 5.92 Å². The molecular formula is C19H43IN4O. The van der Waals surface area contributed by atoms with Crippen molar-refractivity contribution >= 4 is 29.9 Å². The molecular weight excluding hydrogens is 427 g/mol. The van der Waals surface area contributed by atoms with Gasteiger partial charge in [0.25, 0.3) is 0 Å². The molecule has 0 aromatic carbocycles. The summed E-state index contributed by atoms with van der Waals surface area (Å²) in [7, 11) is 4.28. The van der Waals surface area contributed by atoms with Crippen LogP contribution in [0, 0.1) is 5.92 Å². The first kappa shape index (κ1) is 27.1. The lowest BCUT2D eigenvalue weighted by Gasteiger charge is -2.12. The molecule has 25 heavy (non-hydrogen) atoms. The van der Waals surface area contributed by atoms with Gasteiger partial charge in [0.05, 0.1) is 6.61 Å². The Kier molecular flexibility index (Phi) is 22.0. The molecule has 0 aromatic rings. The Morgan fingerprint density at radius 1 is 1.00 bits per heavy atom. The lowest BCUT2D eigenvalue weighted by Crippen LogP contribution is -2.39. The fourth-order valence-corrected chi connectivity index (χ4v) is 2.27. The maximum Gasteiger partial charge on any atom is 0.191 e. The molecule has 0 saturated heterocycles. The monoisotopic (exact) mass is 470 g/mol. The average molecular weight is 470 g/mol. The summed E-state index contributed by atoms with van der Waals surface area (Å²) < 4.78 is 5.62. The van der Waals surface area contributed by atoms with Crippen LogP contribution < -0.4 is 10.6 Å². The van der Waals surface area contributed by atoms with Crippen molar-refractivity contribution in [2.75, 3.05) is 53.5 Å². The molecule has 6 heteroatoms. The predicted octanol–water partition coefficient (Wildman–Crippen LogP) is 3.73. The number of nitrogens with zero attached hydrogens (tertiary/aromatic N) is 2. The van der Waals surface area contributed by atoms with Gasteiger partial charge in [-0.2, -0.15) is 0 Å². The molecule has 0 amide bonds. The Hall–Kier alpha value is -0.0800. The van der Waals surface area contributed by atoms with Crippen molar-refractivity contribution in [3.8, 4) is 0 Å². The van der Waals surface area contributed by atoms with Crippen molar-refractivity contribution in [2.45, 2.75) is 59.3 Å². The fourth-order valence-electron chi connectivity index (χ4n) is 2.27. The predicted molar refractivity (Wildman–Crippen MR) is 121 cm³/mol. The van der Waals surface area contributed by atoms with E-state index < -0.39 is 0 Å². The Morgan fingerprint density at radius 2 is 1.68 bits per heavy atom. The van der Waals surface area contributed by atoms with Gasteiger partial charge in [-0.3, -0.25) is 4.99 Å². The summed E-state index contributed by atoms with van der Waals surface area (Å²) in [6, 6.07) is 0. The van der Waals surface area contributed by atoms with Crippen molar-refractivity contribution < 1.29 is 4.74 Å². The smallest absolute Gasteiger partial charge is 0.191 e. The van der Waals surface area contributed by atoms with Crippen LogP contribution >= 0.6 is 24.0 Å². The Labute approximate surface area is 173 Å². The van der Waals surface area contributed by atoms with Crippen molar-refractivity contribution in [3.63, 3.8) is 0 Å². The highest BCUT2D eigenvalue weighted by molar-refractivity contribution is 14.0. The van der Waals surface area contributed by atoms with Crippen LogP contribution in [0.4, 0.5) is 0 Å². The number of nitrogens with one attached hydrogen (secondary N) is 2. The van der Waals surface area contributed by atoms with Gasteiger partial charge in [-0.1, -0.05) is 33.1 Å². The second-order valence-electron chi connectivity index (χ2n) is 7.05. The SMILES string of the molecule is CCNC(=NCCCCCCCN(C)C)NCCOCCC(C)C.I. The van der Waals surface area contributed by atoms with Crippen LogP contribution in [0.25, 0.3) is 0 Å². The quantitative estimate of drug-likeness (QED) is 0.166. The van der Waals surface area contributed by atoms with Crippen molar-refractivity contribution in [3.05, 3.63) is 0 Å². The van der Waals surface area contributed by atoms with E-state index in [1.54, 1.807) is 0 Å². The fraction of sp³-hybridized carbons (Fsp3) is 0.947. The Bertz CT molecular complexity index is 299. The Morgan fingerprint density at radius 3 is 2.32 bits per heavy atom. The van der Waals surface area contributed by atoms with Crippen molar-refractivity contribution in [1.82, 2.24) is 15.5 Å². The second-order valence-corrected chi connectivity index (χ2v) is 7.05. The first-order valence-corrected chi connectivity index (χ1v) is 9.81. The number of rotatable bonds is 15. The van der Waals surface area contributed by atoms with E-state index in [2.05, 4.69) is 55.4 Å². The summed E-state index contributed by atoms with van der Waals surface area (Å²) in [5.74, 6) is 1.62. The maximum absolute atomic E-state index is 5.62. The van der Waals surface area contributed by atoms with E-state index >= 15 is 0 Å². The van der Waals surface area contributed by atoms with Gasteiger partial charge in [0.2, 0.25) is 0 Å². The average Bonchev–Trinajstić information content (AvgIpc) is 2.52. The minimum absolute atomic E-state index is 0. The van der Waals surface area contributed by atoms with Crippen LogP contribution in [0.15, 0.2) is 4.99 Å². The molecule has 0 fully saturated rings. The van der Waals surface area contributed by atoms with E-state index in [1.165, 1.54) is 38.6 Å². The third-order valence-corrected chi connectivity index (χ3v) is 3.76. The molecule has 0 aliphatic rings. The van der Waals surface area contributed by atoms with Gasteiger partial charge in [0.15, 0.2) is 5.96 Å². The molecule has 0 aromatic heterocycles. The zero-order chi connectivity index (χ0) is 18.0. The zero-order valence-electron chi connectivity index (χ0n) is 17.3. The highest BCUT2D eigenvalue weighted by Crippen LogP contribution is 2.03. The van der Waals surface area contributed by atoms with Crippen LogP contribution in [0.5, 0.6) is 0 Å². The van der Waals surface area contributed by atoms with Crippen LogP contribution in [0.3, 0.4) is 0 Å². The third kappa shape index (κ3) is 21.9. The van der Waals surface area contributed by atoms with Crippen LogP contribution in [-0.2, 0) is 4.74 Å². The topological polar surface area (TPSA) is 48.9 Å². The molecule has 0 atom stereocenters. The Balaban J connectivity index is 0. The zero-order valence-corrected chi connectivity index (χ0v) is 19.6. The van der Waals surface area contributed by atoms with Gasteiger partial charge in [-0.25, -0.2) is 0 Å². The number of hydrogen-bond donors (Lipinski definition) is 2. The number of ether oxygens (including phenoxy) is 1. The minimum atomic E-state index is 0. The first-order chi connectivity index (χ1) is 11.6. The minimum Gasteiger partial charge on any atom is -0.380 e. The van der Waals surface area contributed by atoms with Gasteiger partial charge < -0.3 is 20.3 Å². The molecule has 0 rings (SSSR count). The molecule has 0 aliphatic carbocycles.